The molecule has 2 aromatic carbocycles. The highest BCUT2D eigenvalue weighted by atomic mass is 16.5. The Bertz CT molecular complexity index is 1190. The molecule has 7 nitrogen and oxygen atoms in total. The van der Waals surface area contributed by atoms with E-state index in [4.69, 9.17) is 14.8 Å². The Kier molecular flexibility index (Phi) is 4.65. The van der Waals surface area contributed by atoms with Crippen LogP contribution in [0.1, 0.15) is 29.6 Å². The summed E-state index contributed by atoms with van der Waals surface area (Å²) in [6.07, 6.45) is 2.51. The highest BCUT2D eigenvalue weighted by Gasteiger charge is 2.24. The monoisotopic (exact) mass is 387 g/mol. The van der Waals surface area contributed by atoms with E-state index >= 15 is 0 Å². The quantitative estimate of drug-likeness (QED) is 0.526. The number of aromatic nitrogens is 5. The number of hydrogen-bond acceptors (Lipinski definition) is 5. The smallest absolute Gasteiger partial charge is 0.261 e. The van der Waals surface area contributed by atoms with Crippen molar-refractivity contribution in [2.75, 3.05) is 13.2 Å². The zero-order chi connectivity index (χ0) is 19.6. The molecule has 3 heterocycles. The van der Waals surface area contributed by atoms with Gasteiger partial charge in [-0.05, 0) is 24.1 Å². The van der Waals surface area contributed by atoms with Crippen molar-refractivity contribution in [3.63, 3.8) is 0 Å². The van der Waals surface area contributed by atoms with E-state index in [1.54, 1.807) is 17.0 Å². The zero-order valence-electron chi connectivity index (χ0n) is 15.9. The molecule has 0 amide bonds. The average molecular weight is 387 g/mol. The maximum Gasteiger partial charge on any atom is 0.261 e. The van der Waals surface area contributed by atoms with Gasteiger partial charge in [-0.3, -0.25) is 9.36 Å². The van der Waals surface area contributed by atoms with Crippen LogP contribution >= 0.6 is 0 Å². The Hall–Kier alpha value is -3.32. The molecule has 0 unspecified atom stereocenters. The Morgan fingerprint density at radius 1 is 1.03 bits per heavy atom. The van der Waals surface area contributed by atoms with Crippen LogP contribution in [0.15, 0.2) is 65.7 Å². The summed E-state index contributed by atoms with van der Waals surface area (Å²) in [5.74, 6) is 1.74. The summed E-state index contributed by atoms with van der Waals surface area (Å²) >= 11 is 0. The van der Waals surface area contributed by atoms with Crippen LogP contribution in [-0.4, -0.2) is 37.5 Å². The largest absolute Gasteiger partial charge is 0.381 e. The van der Waals surface area contributed by atoms with Gasteiger partial charge in [-0.2, -0.15) is 5.10 Å². The van der Waals surface area contributed by atoms with Crippen molar-refractivity contribution in [3.05, 3.63) is 88.5 Å². The maximum atomic E-state index is 12.9. The van der Waals surface area contributed by atoms with E-state index in [-0.39, 0.29) is 11.5 Å². The van der Waals surface area contributed by atoms with Gasteiger partial charge in [-0.15, -0.1) is 0 Å². The van der Waals surface area contributed by atoms with Crippen molar-refractivity contribution >= 4 is 10.9 Å². The second kappa shape index (κ2) is 7.60. The third kappa shape index (κ3) is 3.56. The van der Waals surface area contributed by atoms with Gasteiger partial charge in [0.25, 0.3) is 5.56 Å². The third-order valence-corrected chi connectivity index (χ3v) is 5.28. The van der Waals surface area contributed by atoms with Gasteiger partial charge < -0.3 is 4.74 Å². The molecule has 0 saturated carbocycles. The summed E-state index contributed by atoms with van der Waals surface area (Å²) in [6.45, 7) is 2.31. The van der Waals surface area contributed by atoms with E-state index < -0.39 is 0 Å². The summed E-state index contributed by atoms with van der Waals surface area (Å²) in [6, 6.07) is 17.5. The normalized spacial score (nSPS) is 16.5. The fraction of sp³-hybridized carbons (Fsp3) is 0.273. The molecule has 1 atom stereocenters. The van der Waals surface area contributed by atoms with Crippen molar-refractivity contribution in [1.29, 1.82) is 0 Å². The maximum absolute atomic E-state index is 12.9. The molecule has 1 fully saturated rings. The molecular formula is C22H21N5O2. The minimum absolute atomic E-state index is 0.0735. The topological polar surface area (TPSA) is 74.8 Å². The summed E-state index contributed by atoms with van der Waals surface area (Å²) in [5, 5.41) is 5.37. The van der Waals surface area contributed by atoms with Gasteiger partial charge in [0.2, 0.25) is 0 Å². The van der Waals surface area contributed by atoms with E-state index in [9.17, 15) is 4.79 Å². The number of benzene rings is 2. The highest BCUT2D eigenvalue weighted by molar-refractivity contribution is 5.76. The average Bonchev–Trinajstić information content (AvgIpc) is 3.42. The molecule has 0 N–H and O–H groups in total. The van der Waals surface area contributed by atoms with Gasteiger partial charge in [0.15, 0.2) is 5.82 Å². The number of para-hydroxylation sites is 1. The van der Waals surface area contributed by atoms with Crippen LogP contribution in [0, 0.1) is 0 Å². The number of ether oxygens (including phenoxy) is 1. The lowest BCUT2D eigenvalue weighted by Gasteiger charge is -2.08. The molecule has 146 valence electrons. The molecule has 0 bridgehead atoms. The van der Waals surface area contributed by atoms with Gasteiger partial charge >= 0.3 is 0 Å². The van der Waals surface area contributed by atoms with Gasteiger partial charge in [-0.25, -0.2) is 14.6 Å². The van der Waals surface area contributed by atoms with Crippen molar-refractivity contribution < 1.29 is 4.74 Å². The van der Waals surface area contributed by atoms with Gasteiger partial charge in [-0.1, -0.05) is 42.5 Å². The molecule has 2 aromatic heterocycles. The standard InChI is InChI=1S/C22H21N5O2/c28-22-18-8-4-5-9-19(18)23-15-26(22)13-20-24-21(17-10-11-29-14-17)25-27(20)12-16-6-2-1-3-7-16/h1-9,15,17H,10-14H2/t17-/m1/s1. The van der Waals surface area contributed by atoms with Crippen LogP contribution in [0.5, 0.6) is 0 Å². The zero-order valence-corrected chi connectivity index (χ0v) is 15.9. The van der Waals surface area contributed by atoms with Gasteiger partial charge in [0.05, 0.1) is 36.9 Å². The number of hydrogen-bond donors (Lipinski definition) is 0. The minimum atomic E-state index is -0.0735. The molecule has 1 aliphatic heterocycles. The first kappa shape index (κ1) is 17.8. The van der Waals surface area contributed by atoms with Crippen molar-refractivity contribution in [1.82, 2.24) is 24.3 Å². The summed E-state index contributed by atoms with van der Waals surface area (Å²) < 4.78 is 9.00. The fourth-order valence-electron chi connectivity index (χ4n) is 3.68. The molecule has 29 heavy (non-hydrogen) atoms. The SMILES string of the molecule is O=c1c2ccccc2ncn1Cc1nc([C@@H]2CCOC2)nn1Cc1ccccc1. The molecule has 1 aliphatic rings. The van der Waals surface area contributed by atoms with Crippen LogP contribution < -0.4 is 5.56 Å². The fourth-order valence-corrected chi connectivity index (χ4v) is 3.68. The van der Waals surface area contributed by atoms with Crippen LogP contribution in [0.25, 0.3) is 10.9 Å². The summed E-state index contributed by atoms with van der Waals surface area (Å²) in [4.78, 5) is 22.1. The molecular weight excluding hydrogens is 366 g/mol. The van der Waals surface area contributed by atoms with E-state index in [2.05, 4.69) is 17.1 Å². The number of nitrogens with zero attached hydrogens (tertiary/aromatic N) is 5. The summed E-state index contributed by atoms with van der Waals surface area (Å²) in [7, 11) is 0. The Morgan fingerprint density at radius 3 is 2.69 bits per heavy atom. The highest BCUT2D eigenvalue weighted by Crippen LogP contribution is 2.23. The van der Waals surface area contributed by atoms with E-state index in [0.29, 0.717) is 30.6 Å². The van der Waals surface area contributed by atoms with Crippen LogP contribution in [0.2, 0.25) is 0 Å². The molecule has 1 saturated heterocycles. The summed E-state index contributed by atoms with van der Waals surface area (Å²) in [5.41, 5.74) is 1.76. The number of fused-ring (bicyclic) bond motifs is 1. The molecule has 0 spiro atoms. The predicted molar refractivity (Wildman–Crippen MR) is 109 cm³/mol. The van der Waals surface area contributed by atoms with E-state index in [1.165, 1.54) is 0 Å². The lowest BCUT2D eigenvalue weighted by molar-refractivity contribution is 0.193. The Labute approximate surface area is 167 Å². The third-order valence-electron chi connectivity index (χ3n) is 5.28. The predicted octanol–water partition coefficient (Wildman–Crippen LogP) is 2.59. The second-order valence-corrected chi connectivity index (χ2v) is 7.28. The van der Waals surface area contributed by atoms with Crippen molar-refractivity contribution in [2.45, 2.75) is 25.4 Å². The van der Waals surface area contributed by atoms with Crippen LogP contribution in [0.3, 0.4) is 0 Å². The van der Waals surface area contributed by atoms with Crippen LogP contribution in [-0.2, 0) is 17.8 Å². The van der Waals surface area contributed by atoms with Gasteiger partial charge in [0, 0.05) is 12.5 Å². The van der Waals surface area contributed by atoms with E-state index in [1.807, 2.05) is 41.1 Å². The molecule has 0 aliphatic carbocycles. The molecule has 4 aromatic rings. The minimum Gasteiger partial charge on any atom is -0.381 e. The van der Waals surface area contributed by atoms with Crippen molar-refractivity contribution in [3.8, 4) is 0 Å². The Morgan fingerprint density at radius 2 is 1.86 bits per heavy atom. The first-order valence-electron chi connectivity index (χ1n) is 9.77. The molecule has 7 heteroatoms. The number of rotatable bonds is 5. The molecule has 0 radical (unpaired) electrons. The van der Waals surface area contributed by atoms with Crippen molar-refractivity contribution in [2.24, 2.45) is 0 Å². The van der Waals surface area contributed by atoms with E-state index in [0.717, 1.165) is 30.2 Å². The lowest BCUT2D eigenvalue weighted by Crippen LogP contribution is -2.23. The second-order valence-electron chi connectivity index (χ2n) is 7.28. The first-order valence-corrected chi connectivity index (χ1v) is 9.77. The lowest BCUT2D eigenvalue weighted by atomic mass is 10.1. The Balaban J connectivity index is 1.52. The first-order chi connectivity index (χ1) is 14.3. The molecule has 5 rings (SSSR count). The van der Waals surface area contributed by atoms with Crippen LogP contribution in [0.4, 0.5) is 0 Å². The van der Waals surface area contributed by atoms with Gasteiger partial charge in [0.1, 0.15) is 5.82 Å².